The Hall–Kier alpha value is -2.93. The Morgan fingerprint density at radius 3 is 2.73 bits per heavy atom. The predicted octanol–water partition coefficient (Wildman–Crippen LogP) is 4.26. The fourth-order valence-electron chi connectivity index (χ4n) is 2.86. The number of aromatic amines is 1. The second kappa shape index (κ2) is 6.76. The summed E-state index contributed by atoms with van der Waals surface area (Å²) < 4.78 is 1.85. The second-order valence-corrected chi connectivity index (χ2v) is 7.33. The van der Waals surface area contributed by atoms with Crippen molar-refractivity contribution in [2.45, 2.75) is 27.3 Å². The van der Waals surface area contributed by atoms with Crippen molar-refractivity contribution in [2.24, 2.45) is 0 Å². The Kier molecular flexibility index (Phi) is 4.30. The minimum absolute atomic E-state index is 0.698. The molecule has 4 aromatic rings. The van der Waals surface area contributed by atoms with Crippen LogP contribution >= 0.6 is 11.3 Å². The number of hydrogen-bond donors (Lipinski definition) is 2. The number of anilines is 1. The molecule has 0 aliphatic rings. The second-order valence-electron chi connectivity index (χ2n) is 6.26. The summed E-state index contributed by atoms with van der Waals surface area (Å²) in [5.74, 6) is 0.821. The number of aromatic nitrogens is 5. The van der Waals surface area contributed by atoms with Gasteiger partial charge in [0.1, 0.15) is 0 Å². The van der Waals surface area contributed by atoms with Gasteiger partial charge in [0, 0.05) is 28.5 Å². The van der Waals surface area contributed by atoms with E-state index < -0.39 is 0 Å². The molecule has 0 bridgehead atoms. The number of nitrogens with one attached hydrogen (secondary N) is 2. The highest BCUT2D eigenvalue weighted by Gasteiger charge is 2.07. The van der Waals surface area contributed by atoms with Crippen LogP contribution in [0.3, 0.4) is 0 Å². The maximum atomic E-state index is 4.52. The van der Waals surface area contributed by atoms with Gasteiger partial charge in [0.15, 0.2) is 5.82 Å². The SMILES string of the molecule is Cc1cc(C)n(-c2ccc(NCc3cc(-c4csc(C)n4)c[nH]3)cn2)n1. The number of H-pyrrole nitrogens is 1. The molecule has 0 spiro atoms. The Morgan fingerprint density at radius 2 is 2.08 bits per heavy atom. The van der Waals surface area contributed by atoms with Gasteiger partial charge in [-0.05, 0) is 45.0 Å². The lowest BCUT2D eigenvalue weighted by Crippen LogP contribution is -2.04. The average Bonchev–Trinajstić information content (AvgIpc) is 3.34. The lowest BCUT2D eigenvalue weighted by molar-refractivity contribution is 0.806. The number of thiazole rings is 1. The fourth-order valence-corrected chi connectivity index (χ4v) is 3.48. The first-order valence-corrected chi connectivity index (χ1v) is 9.30. The molecule has 0 aromatic carbocycles. The minimum Gasteiger partial charge on any atom is -0.378 e. The van der Waals surface area contributed by atoms with Crippen molar-refractivity contribution >= 4 is 17.0 Å². The summed E-state index contributed by atoms with van der Waals surface area (Å²) in [6.45, 7) is 6.73. The summed E-state index contributed by atoms with van der Waals surface area (Å²) in [6, 6.07) is 8.16. The Balaban J connectivity index is 1.42. The molecule has 0 atom stereocenters. The fraction of sp³-hybridized carbons (Fsp3) is 0.211. The van der Waals surface area contributed by atoms with E-state index in [0.29, 0.717) is 6.54 Å². The molecule has 4 rings (SSSR count). The molecule has 7 heteroatoms. The topological polar surface area (TPSA) is 71.4 Å². The number of nitrogens with zero attached hydrogens (tertiary/aromatic N) is 4. The van der Waals surface area contributed by atoms with E-state index in [1.54, 1.807) is 11.3 Å². The van der Waals surface area contributed by atoms with Crippen LogP contribution in [0.15, 0.2) is 42.0 Å². The van der Waals surface area contributed by atoms with Crippen LogP contribution in [0.5, 0.6) is 0 Å². The first-order valence-electron chi connectivity index (χ1n) is 8.42. The molecular formula is C19H20N6S. The lowest BCUT2D eigenvalue weighted by Gasteiger charge is -2.07. The third kappa shape index (κ3) is 3.39. The van der Waals surface area contributed by atoms with E-state index in [1.165, 1.54) is 0 Å². The van der Waals surface area contributed by atoms with Crippen LogP contribution in [0, 0.1) is 20.8 Å². The maximum Gasteiger partial charge on any atom is 0.153 e. The smallest absolute Gasteiger partial charge is 0.153 e. The van der Waals surface area contributed by atoms with Gasteiger partial charge < -0.3 is 10.3 Å². The van der Waals surface area contributed by atoms with Gasteiger partial charge in [0.05, 0.1) is 34.8 Å². The van der Waals surface area contributed by atoms with Crippen molar-refractivity contribution < 1.29 is 0 Å². The van der Waals surface area contributed by atoms with Gasteiger partial charge in [0.25, 0.3) is 0 Å². The quantitative estimate of drug-likeness (QED) is 0.555. The summed E-state index contributed by atoms with van der Waals surface area (Å²) in [7, 11) is 0. The number of hydrogen-bond acceptors (Lipinski definition) is 5. The molecule has 0 amide bonds. The molecule has 0 aliphatic heterocycles. The molecule has 0 fully saturated rings. The zero-order valence-corrected chi connectivity index (χ0v) is 15.8. The largest absolute Gasteiger partial charge is 0.378 e. The van der Waals surface area contributed by atoms with Gasteiger partial charge in [-0.3, -0.25) is 0 Å². The third-order valence-electron chi connectivity index (χ3n) is 4.12. The van der Waals surface area contributed by atoms with Crippen LogP contribution in [0.2, 0.25) is 0 Å². The summed E-state index contributed by atoms with van der Waals surface area (Å²) in [6.07, 6.45) is 3.83. The molecule has 0 radical (unpaired) electrons. The molecule has 0 saturated heterocycles. The van der Waals surface area contributed by atoms with Gasteiger partial charge in [-0.25, -0.2) is 14.6 Å². The number of pyridine rings is 1. The monoisotopic (exact) mass is 364 g/mol. The number of aryl methyl sites for hydroxylation is 3. The Labute approximate surface area is 156 Å². The molecule has 0 unspecified atom stereocenters. The van der Waals surface area contributed by atoms with Crippen LogP contribution in [0.1, 0.15) is 22.1 Å². The van der Waals surface area contributed by atoms with Crippen molar-refractivity contribution in [1.82, 2.24) is 24.7 Å². The maximum absolute atomic E-state index is 4.52. The van der Waals surface area contributed by atoms with Crippen LogP contribution in [-0.2, 0) is 6.54 Å². The molecule has 26 heavy (non-hydrogen) atoms. The minimum atomic E-state index is 0.698. The van der Waals surface area contributed by atoms with E-state index in [0.717, 1.165) is 44.9 Å². The van der Waals surface area contributed by atoms with Crippen LogP contribution in [-0.4, -0.2) is 24.7 Å². The normalized spacial score (nSPS) is 11.0. The number of rotatable bonds is 5. The molecule has 0 aliphatic carbocycles. The molecule has 4 aromatic heterocycles. The summed E-state index contributed by atoms with van der Waals surface area (Å²) in [4.78, 5) is 12.3. The van der Waals surface area contributed by atoms with Crippen molar-refractivity contribution in [1.29, 1.82) is 0 Å². The van der Waals surface area contributed by atoms with Gasteiger partial charge in [-0.2, -0.15) is 5.10 Å². The average molecular weight is 364 g/mol. The standard InChI is InChI=1S/C19H20N6S/c1-12-6-13(2)25(24-12)19-5-4-16(9-22-19)21-10-17-7-15(8-20-17)18-11-26-14(3)23-18/h4-9,11,20-21H,10H2,1-3H3. The molecule has 6 nitrogen and oxygen atoms in total. The molecule has 0 saturated carbocycles. The van der Waals surface area contributed by atoms with Crippen LogP contribution < -0.4 is 5.32 Å². The first-order chi connectivity index (χ1) is 12.6. The van der Waals surface area contributed by atoms with Crippen molar-refractivity contribution in [3.8, 4) is 17.1 Å². The van der Waals surface area contributed by atoms with Crippen molar-refractivity contribution in [2.75, 3.05) is 5.32 Å². The summed E-state index contributed by atoms with van der Waals surface area (Å²) in [5.41, 5.74) is 6.27. The first kappa shape index (κ1) is 16.5. The van der Waals surface area contributed by atoms with Gasteiger partial charge >= 0.3 is 0 Å². The van der Waals surface area contributed by atoms with Gasteiger partial charge in [0.2, 0.25) is 0 Å². The van der Waals surface area contributed by atoms with E-state index in [9.17, 15) is 0 Å². The molecule has 132 valence electrons. The third-order valence-corrected chi connectivity index (χ3v) is 4.89. The Bertz CT molecular complexity index is 1020. The van der Waals surface area contributed by atoms with E-state index in [1.807, 2.05) is 56.0 Å². The molecular weight excluding hydrogens is 344 g/mol. The Morgan fingerprint density at radius 1 is 1.19 bits per heavy atom. The highest BCUT2D eigenvalue weighted by Crippen LogP contribution is 2.22. The van der Waals surface area contributed by atoms with Crippen molar-refractivity contribution in [3.63, 3.8) is 0 Å². The van der Waals surface area contributed by atoms with E-state index in [-0.39, 0.29) is 0 Å². The van der Waals surface area contributed by atoms with Crippen LogP contribution in [0.25, 0.3) is 17.1 Å². The summed E-state index contributed by atoms with van der Waals surface area (Å²) >= 11 is 1.66. The predicted molar refractivity (Wildman–Crippen MR) is 105 cm³/mol. The van der Waals surface area contributed by atoms with Crippen LogP contribution in [0.4, 0.5) is 5.69 Å². The van der Waals surface area contributed by atoms with E-state index in [4.69, 9.17) is 0 Å². The van der Waals surface area contributed by atoms with Gasteiger partial charge in [-0.1, -0.05) is 0 Å². The van der Waals surface area contributed by atoms with E-state index in [2.05, 4.69) is 36.8 Å². The molecule has 4 heterocycles. The zero-order chi connectivity index (χ0) is 18.1. The van der Waals surface area contributed by atoms with E-state index >= 15 is 0 Å². The summed E-state index contributed by atoms with van der Waals surface area (Å²) in [5, 5.41) is 11.0. The lowest BCUT2D eigenvalue weighted by atomic mass is 10.2. The highest BCUT2D eigenvalue weighted by molar-refractivity contribution is 7.09. The van der Waals surface area contributed by atoms with Crippen molar-refractivity contribution in [3.05, 3.63) is 64.1 Å². The zero-order valence-electron chi connectivity index (χ0n) is 14.9. The molecule has 2 N–H and O–H groups in total. The van der Waals surface area contributed by atoms with Gasteiger partial charge in [-0.15, -0.1) is 11.3 Å². The highest BCUT2D eigenvalue weighted by atomic mass is 32.1.